The number of hydrogen-bond donors (Lipinski definition) is 0. The molecule has 1 heterocycles. The molecule has 0 radical (unpaired) electrons. The maximum absolute atomic E-state index is 13.0. The molecule has 3 nitrogen and oxygen atoms in total. The molecule has 0 aliphatic rings. The molecule has 2 rings (SSSR count). The Bertz CT molecular complexity index is 615. The lowest BCUT2D eigenvalue weighted by atomic mass is 10.1. The third-order valence-electron chi connectivity index (χ3n) is 2.55. The first-order chi connectivity index (χ1) is 8.82. The largest absolute Gasteiger partial charge is 0.418 e. The number of benzene rings is 1. The molecule has 100 valence electrons. The van der Waals surface area contributed by atoms with Crippen LogP contribution in [0.2, 0.25) is 5.02 Å². The van der Waals surface area contributed by atoms with E-state index in [1.807, 2.05) is 0 Å². The zero-order valence-electron chi connectivity index (χ0n) is 9.70. The van der Waals surface area contributed by atoms with Crippen molar-refractivity contribution in [3.8, 4) is 5.69 Å². The monoisotopic (exact) mass is 288 g/mol. The molecule has 0 spiro atoms. The van der Waals surface area contributed by atoms with Crippen molar-refractivity contribution in [2.45, 2.75) is 13.1 Å². The summed E-state index contributed by atoms with van der Waals surface area (Å²) < 4.78 is 40.0. The van der Waals surface area contributed by atoms with Gasteiger partial charge in [0.1, 0.15) is 6.29 Å². The van der Waals surface area contributed by atoms with Crippen LogP contribution in [-0.2, 0) is 6.18 Å². The summed E-state index contributed by atoms with van der Waals surface area (Å²) in [4.78, 5) is 10.6. The van der Waals surface area contributed by atoms with E-state index in [2.05, 4.69) is 5.10 Å². The lowest BCUT2D eigenvalue weighted by Gasteiger charge is -2.13. The Kier molecular flexibility index (Phi) is 3.36. The third-order valence-corrected chi connectivity index (χ3v) is 2.92. The number of aryl methyl sites for hydroxylation is 1. The number of nitrogens with zero attached hydrogens (tertiary/aromatic N) is 2. The van der Waals surface area contributed by atoms with Crippen LogP contribution in [0.4, 0.5) is 13.2 Å². The lowest BCUT2D eigenvalue weighted by molar-refractivity contribution is -0.137. The number of carbonyl (C=O) groups is 1. The Labute approximate surface area is 111 Å². The summed E-state index contributed by atoms with van der Waals surface area (Å²) in [6.45, 7) is 1.59. The third kappa shape index (κ3) is 2.63. The number of halogens is 4. The predicted octanol–water partition coefficient (Wildman–Crippen LogP) is 3.67. The van der Waals surface area contributed by atoms with E-state index in [9.17, 15) is 18.0 Å². The Morgan fingerprint density at radius 2 is 2.05 bits per heavy atom. The second kappa shape index (κ2) is 4.70. The van der Waals surface area contributed by atoms with Crippen LogP contribution in [0, 0.1) is 6.92 Å². The minimum Gasteiger partial charge on any atom is -0.298 e. The fourth-order valence-electron chi connectivity index (χ4n) is 1.62. The van der Waals surface area contributed by atoms with E-state index < -0.39 is 11.7 Å². The second-order valence-electron chi connectivity index (χ2n) is 3.90. The molecule has 0 aliphatic carbocycles. The summed E-state index contributed by atoms with van der Waals surface area (Å²) in [5.74, 6) is 0. The number of aromatic nitrogens is 2. The van der Waals surface area contributed by atoms with Crippen molar-refractivity contribution in [3.05, 3.63) is 46.2 Å². The molecule has 0 aliphatic heterocycles. The molecule has 1 aromatic heterocycles. The summed E-state index contributed by atoms with van der Waals surface area (Å²) in [5, 5.41) is 4.18. The van der Waals surface area contributed by atoms with Gasteiger partial charge >= 0.3 is 6.18 Å². The average molecular weight is 289 g/mol. The topological polar surface area (TPSA) is 34.9 Å². The maximum atomic E-state index is 13.0. The van der Waals surface area contributed by atoms with Crippen molar-refractivity contribution < 1.29 is 18.0 Å². The number of alkyl halides is 3. The molecule has 0 bridgehead atoms. The van der Waals surface area contributed by atoms with Crippen LogP contribution >= 0.6 is 11.6 Å². The molecular formula is C12H8ClF3N2O. The van der Waals surface area contributed by atoms with Crippen molar-refractivity contribution in [1.29, 1.82) is 0 Å². The minimum atomic E-state index is -4.58. The Morgan fingerprint density at radius 3 is 2.53 bits per heavy atom. The SMILES string of the molecule is Cc1nn(-c2ccc(C=O)cc2C(F)(F)F)cc1Cl. The molecule has 1 aromatic carbocycles. The Balaban J connectivity index is 2.65. The molecule has 2 aromatic rings. The van der Waals surface area contributed by atoms with Gasteiger partial charge in [0.15, 0.2) is 0 Å². The molecule has 19 heavy (non-hydrogen) atoms. The van der Waals surface area contributed by atoms with Gasteiger partial charge in [-0.25, -0.2) is 4.68 Å². The van der Waals surface area contributed by atoms with Gasteiger partial charge in [-0.2, -0.15) is 18.3 Å². The summed E-state index contributed by atoms with van der Waals surface area (Å²) in [6.07, 6.45) is -2.93. The summed E-state index contributed by atoms with van der Waals surface area (Å²) >= 11 is 5.78. The van der Waals surface area contributed by atoms with Crippen molar-refractivity contribution in [2.24, 2.45) is 0 Å². The van der Waals surface area contributed by atoms with Crippen molar-refractivity contribution in [1.82, 2.24) is 9.78 Å². The van der Waals surface area contributed by atoms with Gasteiger partial charge in [-0.1, -0.05) is 11.6 Å². The van der Waals surface area contributed by atoms with E-state index in [0.717, 1.165) is 10.7 Å². The van der Waals surface area contributed by atoms with Crippen LogP contribution in [-0.4, -0.2) is 16.1 Å². The van der Waals surface area contributed by atoms with E-state index in [1.54, 1.807) is 6.92 Å². The maximum Gasteiger partial charge on any atom is 0.418 e. The molecule has 0 N–H and O–H groups in total. The molecule has 0 unspecified atom stereocenters. The van der Waals surface area contributed by atoms with Crippen LogP contribution in [0.25, 0.3) is 5.69 Å². The van der Waals surface area contributed by atoms with Gasteiger partial charge in [-0.3, -0.25) is 4.79 Å². The van der Waals surface area contributed by atoms with Gasteiger partial charge in [0.05, 0.1) is 22.0 Å². The first-order valence-electron chi connectivity index (χ1n) is 5.21. The van der Waals surface area contributed by atoms with E-state index in [4.69, 9.17) is 11.6 Å². The van der Waals surface area contributed by atoms with Gasteiger partial charge in [-0.05, 0) is 25.1 Å². The van der Waals surface area contributed by atoms with Crippen molar-refractivity contribution in [3.63, 3.8) is 0 Å². The fraction of sp³-hybridized carbons (Fsp3) is 0.167. The zero-order valence-corrected chi connectivity index (χ0v) is 10.5. The molecule has 0 atom stereocenters. The first kappa shape index (κ1) is 13.6. The highest BCUT2D eigenvalue weighted by molar-refractivity contribution is 6.31. The molecule has 7 heteroatoms. The summed E-state index contributed by atoms with van der Waals surface area (Å²) in [7, 11) is 0. The molecule has 0 saturated heterocycles. The fourth-order valence-corrected chi connectivity index (χ4v) is 1.75. The van der Waals surface area contributed by atoms with Crippen molar-refractivity contribution >= 4 is 17.9 Å². The average Bonchev–Trinajstić information content (AvgIpc) is 2.67. The summed E-state index contributed by atoms with van der Waals surface area (Å²) in [6, 6.07) is 3.27. The normalized spacial score (nSPS) is 11.6. The van der Waals surface area contributed by atoms with Gasteiger partial charge in [-0.15, -0.1) is 0 Å². The van der Waals surface area contributed by atoms with Crippen LogP contribution < -0.4 is 0 Å². The van der Waals surface area contributed by atoms with E-state index in [-0.39, 0.29) is 16.3 Å². The van der Waals surface area contributed by atoms with Crippen LogP contribution in [0.3, 0.4) is 0 Å². The quantitative estimate of drug-likeness (QED) is 0.790. The first-order valence-corrected chi connectivity index (χ1v) is 5.59. The minimum absolute atomic E-state index is 0.0500. The van der Waals surface area contributed by atoms with Gasteiger partial charge in [0, 0.05) is 11.8 Å². The highest BCUT2D eigenvalue weighted by Crippen LogP contribution is 2.34. The van der Waals surface area contributed by atoms with E-state index >= 15 is 0 Å². The standard InChI is InChI=1S/C12H8ClF3N2O/c1-7-10(13)5-18(17-7)11-3-2-8(6-19)4-9(11)12(14,15)16/h2-6H,1H3. The van der Waals surface area contributed by atoms with Crippen LogP contribution in [0.5, 0.6) is 0 Å². The molecule has 0 amide bonds. The summed E-state index contributed by atoms with van der Waals surface area (Å²) in [5.41, 5.74) is -0.732. The van der Waals surface area contributed by atoms with Crippen molar-refractivity contribution in [2.75, 3.05) is 0 Å². The Hall–Kier alpha value is -1.82. The molecular weight excluding hydrogens is 281 g/mol. The second-order valence-corrected chi connectivity index (χ2v) is 4.31. The van der Waals surface area contributed by atoms with Crippen LogP contribution in [0.1, 0.15) is 21.6 Å². The predicted molar refractivity (Wildman–Crippen MR) is 63.7 cm³/mol. The van der Waals surface area contributed by atoms with Gasteiger partial charge < -0.3 is 0 Å². The van der Waals surface area contributed by atoms with E-state index in [0.29, 0.717) is 12.0 Å². The number of carbonyl (C=O) groups excluding carboxylic acids is 1. The highest BCUT2D eigenvalue weighted by Gasteiger charge is 2.34. The number of hydrogen-bond acceptors (Lipinski definition) is 2. The van der Waals surface area contributed by atoms with Gasteiger partial charge in [0.25, 0.3) is 0 Å². The number of rotatable bonds is 2. The van der Waals surface area contributed by atoms with Crippen LogP contribution in [0.15, 0.2) is 24.4 Å². The smallest absolute Gasteiger partial charge is 0.298 e. The van der Waals surface area contributed by atoms with E-state index in [1.165, 1.54) is 18.3 Å². The highest BCUT2D eigenvalue weighted by atomic mass is 35.5. The molecule has 0 saturated carbocycles. The Morgan fingerprint density at radius 1 is 1.37 bits per heavy atom. The lowest BCUT2D eigenvalue weighted by Crippen LogP contribution is -2.12. The zero-order chi connectivity index (χ0) is 14.2. The molecule has 0 fully saturated rings. The van der Waals surface area contributed by atoms with Gasteiger partial charge in [0.2, 0.25) is 0 Å². The number of aldehydes is 1.